The van der Waals surface area contributed by atoms with E-state index in [1.54, 1.807) is 42.5 Å². The Labute approximate surface area is 202 Å². The summed E-state index contributed by atoms with van der Waals surface area (Å²) >= 11 is 0. The van der Waals surface area contributed by atoms with E-state index in [-0.39, 0.29) is 23.7 Å². The molecule has 2 aromatic heterocycles. The van der Waals surface area contributed by atoms with Crippen LogP contribution in [0.15, 0.2) is 58.1 Å². The number of fused-ring (bicyclic) bond motifs is 1. The van der Waals surface area contributed by atoms with Gasteiger partial charge in [0.05, 0.1) is 13.2 Å². The molecule has 0 amide bonds. The van der Waals surface area contributed by atoms with Gasteiger partial charge in [0.15, 0.2) is 11.2 Å². The molecule has 8 nitrogen and oxygen atoms in total. The monoisotopic (exact) mass is 480 g/mol. The molecule has 0 aliphatic rings. The molecule has 35 heavy (non-hydrogen) atoms. The number of ether oxygens (including phenoxy) is 2. The second kappa shape index (κ2) is 10.6. The first-order chi connectivity index (χ1) is 16.9. The van der Waals surface area contributed by atoms with E-state index < -0.39 is 17.1 Å². The van der Waals surface area contributed by atoms with Crippen LogP contribution in [0.3, 0.4) is 0 Å². The summed E-state index contributed by atoms with van der Waals surface area (Å²) in [5, 5.41) is 0. The van der Waals surface area contributed by atoms with E-state index in [1.807, 2.05) is 0 Å². The van der Waals surface area contributed by atoms with Crippen LogP contribution in [0, 0.1) is 5.82 Å². The smallest absolute Gasteiger partial charge is 0.332 e. The molecule has 4 rings (SSSR count). The maximum atomic E-state index is 14.5. The number of halogens is 1. The Morgan fingerprint density at radius 3 is 2.34 bits per heavy atom. The van der Waals surface area contributed by atoms with Crippen molar-refractivity contribution in [1.29, 1.82) is 0 Å². The number of nitrogens with zero attached hydrogens (tertiary/aromatic N) is 4. The summed E-state index contributed by atoms with van der Waals surface area (Å²) in [4.78, 5) is 29.9. The molecular weight excluding hydrogens is 451 g/mol. The lowest BCUT2D eigenvalue weighted by Gasteiger charge is -2.11. The van der Waals surface area contributed by atoms with Gasteiger partial charge in [0.25, 0.3) is 5.56 Å². The van der Waals surface area contributed by atoms with E-state index in [4.69, 9.17) is 9.47 Å². The van der Waals surface area contributed by atoms with Gasteiger partial charge in [-0.05, 0) is 36.8 Å². The number of hydrogen-bond acceptors (Lipinski definition) is 5. The van der Waals surface area contributed by atoms with Gasteiger partial charge in [-0.3, -0.25) is 18.5 Å². The number of benzene rings is 2. The molecule has 0 radical (unpaired) electrons. The highest BCUT2D eigenvalue weighted by atomic mass is 19.1. The molecule has 0 fully saturated rings. The van der Waals surface area contributed by atoms with E-state index in [0.717, 1.165) is 23.2 Å². The number of aryl methyl sites for hydroxylation is 1. The fourth-order valence-electron chi connectivity index (χ4n) is 3.88. The fraction of sp³-hybridized carbons (Fsp3) is 0.346. The van der Waals surface area contributed by atoms with Crippen LogP contribution >= 0.6 is 0 Å². The quantitative estimate of drug-likeness (QED) is 0.315. The summed E-state index contributed by atoms with van der Waals surface area (Å²) in [6, 6.07) is 13.5. The summed E-state index contributed by atoms with van der Waals surface area (Å²) in [6.45, 7) is 2.82. The van der Waals surface area contributed by atoms with Crippen molar-refractivity contribution in [1.82, 2.24) is 18.7 Å². The Balaban J connectivity index is 1.67. The summed E-state index contributed by atoms with van der Waals surface area (Å²) in [6.07, 6.45) is 4.50. The Morgan fingerprint density at radius 2 is 1.63 bits per heavy atom. The molecule has 0 unspecified atom stereocenters. The maximum Gasteiger partial charge on any atom is 0.332 e. The van der Waals surface area contributed by atoms with Gasteiger partial charge < -0.3 is 9.47 Å². The van der Waals surface area contributed by atoms with Gasteiger partial charge >= 0.3 is 11.7 Å². The van der Waals surface area contributed by atoms with Gasteiger partial charge in [0.1, 0.15) is 17.3 Å². The maximum absolute atomic E-state index is 14.5. The highest BCUT2D eigenvalue weighted by Crippen LogP contribution is 2.27. The lowest BCUT2D eigenvalue weighted by molar-refractivity contribution is 0.304. The van der Waals surface area contributed by atoms with E-state index >= 15 is 0 Å². The summed E-state index contributed by atoms with van der Waals surface area (Å²) in [5.74, 6) is 0.780. The third-order valence-corrected chi connectivity index (χ3v) is 5.90. The molecule has 0 saturated heterocycles. The van der Waals surface area contributed by atoms with Crippen LogP contribution in [0.4, 0.5) is 4.39 Å². The summed E-state index contributed by atoms with van der Waals surface area (Å²) < 4.78 is 30.0. The van der Waals surface area contributed by atoms with Crippen LogP contribution in [-0.4, -0.2) is 25.3 Å². The van der Waals surface area contributed by atoms with E-state index in [1.165, 1.54) is 42.1 Å². The second-order valence-electron chi connectivity index (χ2n) is 8.43. The van der Waals surface area contributed by atoms with Crippen LogP contribution in [0.2, 0.25) is 0 Å². The van der Waals surface area contributed by atoms with Crippen LogP contribution < -0.4 is 20.7 Å². The molecule has 0 aliphatic carbocycles. The predicted octanol–water partition coefficient (Wildman–Crippen LogP) is 4.37. The Hall–Kier alpha value is -3.88. The first-order valence-electron chi connectivity index (χ1n) is 11.7. The van der Waals surface area contributed by atoms with Crippen molar-refractivity contribution in [3.63, 3.8) is 0 Å². The molecule has 184 valence electrons. The largest absolute Gasteiger partial charge is 0.494 e. The molecule has 4 aromatic rings. The normalized spacial score (nSPS) is 11.2. The molecule has 2 heterocycles. The van der Waals surface area contributed by atoms with Crippen molar-refractivity contribution in [2.24, 2.45) is 14.1 Å². The van der Waals surface area contributed by atoms with Gasteiger partial charge in [-0.1, -0.05) is 44.4 Å². The van der Waals surface area contributed by atoms with Crippen LogP contribution in [0.5, 0.6) is 17.5 Å². The van der Waals surface area contributed by atoms with Crippen molar-refractivity contribution in [2.45, 2.75) is 39.2 Å². The number of rotatable bonds is 10. The average Bonchev–Trinajstić information content (AvgIpc) is 3.21. The van der Waals surface area contributed by atoms with Crippen LogP contribution in [-0.2, 0) is 20.6 Å². The van der Waals surface area contributed by atoms with Gasteiger partial charge in [-0.25, -0.2) is 9.18 Å². The first kappa shape index (κ1) is 24.3. The van der Waals surface area contributed by atoms with Crippen molar-refractivity contribution in [3.8, 4) is 17.5 Å². The zero-order valence-electron chi connectivity index (χ0n) is 20.2. The summed E-state index contributed by atoms with van der Waals surface area (Å²) in [7, 11) is 2.92. The Bertz CT molecular complexity index is 1440. The molecular formula is C26H29FN4O4. The molecule has 0 N–H and O–H groups in total. The molecule has 0 aliphatic heterocycles. The lowest BCUT2D eigenvalue weighted by Crippen LogP contribution is -2.37. The van der Waals surface area contributed by atoms with Gasteiger partial charge in [0, 0.05) is 19.7 Å². The van der Waals surface area contributed by atoms with Crippen LogP contribution in [0.1, 0.15) is 38.2 Å². The van der Waals surface area contributed by atoms with Crippen molar-refractivity contribution in [2.75, 3.05) is 6.61 Å². The van der Waals surface area contributed by atoms with Crippen LogP contribution in [0.25, 0.3) is 11.2 Å². The Kier molecular flexibility index (Phi) is 7.33. The minimum absolute atomic E-state index is 0.00487. The number of imidazole rings is 1. The predicted molar refractivity (Wildman–Crippen MR) is 132 cm³/mol. The topological polar surface area (TPSA) is 80.3 Å². The zero-order chi connectivity index (χ0) is 24.9. The zero-order valence-corrected chi connectivity index (χ0v) is 20.2. The molecule has 2 aromatic carbocycles. The molecule has 0 saturated carbocycles. The van der Waals surface area contributed by atoms with E-state index in [0.29, 0.717) is 17.9 Å². The lowest BCUT2D eigenvalue weighted by atomic mass is 10.2. The van der Waals surface area contributed by atoms with E-state index in [9.17, 15) is 14.0 Å². The highest BCUT2D eigenvalue weighted by Gasteiger charge is 2.21. The minimum atomic E-state index is -0.534. The van der Waals surface area contributed by atoms with Gasteiger partial charge in [-0.2, -0.15) is 4.98 Å². The standard InChI is InChI=1S/C26H29FN4O4/c1-4-5-6-9-16-34-19-12-14-20(15-13-19)35-25-28-23-22(24(32)30(3)26(33)29(23)2)31(25)17-18-10-7-8-11-21(18)27/h7-8,10-15H,4-6,9,16-17H2,1-3H3. The molecule has 0 spiro atoms. The van der Waals surface area contributed by atoms with Gasteiger partial charge in [0.2, 0.25) is 0 Å². The first-order valence-corrected chi connectivity index (χ1v) is 11.7. The third-order valence-electron chi connectivity index (χ3n) is 5.90. The molecule has 0 bridgehead atoms. The highest BCUT2D eigenvalue weighted by molar-refractivity contribution is 5.72. The summed E-state index contributed by atoms with van der Waals surface area (Å²) in [5.41, 5.74) is -0.366. The molecule has 9 heteroatoms. The van der Waals surface area contributed by atoms with E-state index in [2.05, 4.69) is 11.9 Å². The average molecular weight is 481 g/mol. The minimum Gasteiger partial charge on any atom is -0.494 e. The Morgan fingerprint density at radius 1 is 0.914 bits per heavy atom. The SMILES string of the molecule is CCCCCCOc1ccc(Oc2nc3c(c(=O)n(C)c(=O)n3C)n2Cc2ccccc2F)cc1. The number of aromatic nitrogens is 4. The third kappa shape index (κ3) is 5.13. The van der Waals surface area contributed by atoms with Crippen molar-refractivity contribution >= 4 is 11.2 Å². The van der Waals surface area contributed by atoms with Crippen molar-refractivity contribution in [3.05, 3.63) is 80.7 Å². The number of hydrogen-bond donors (Lipinski definition) is 0. The molecule has 0 atom stereocenters. The fourth-order valence-corrected chi connectivity index (χ4v) is 3.88. The number of unbranched alkanes of at least 4 members (excludes halogenated alkanes) is 3. The second-order valence-corrected chi connectivity index (χ2v) is 8.43. The van der Waals surface area contributed by atoms with Crippen molar-refractivity contribution < 1.29 is 13.9 Å². The van der Waals surface area contributed by atoms with Gasteiger partial charge in [-0.15, -0.1) is 0 Å².